The quantitative estimate of drug-likeness (QED) is 0.657. The maximum Gasteiger partial charge on any atom is 0.293 e. The van der Waals surface area contributed by atoms with Gasteiger partial charge in [0.1, 0.15) is 5.69 Å². The summed E-state index contributed by atoms with van der Waals surface area (Å²) in [7, 11) is 0. The number of halogens is 1. The molecule has 5 heteroatoms. The number of nitro groups is 1. The lowest BCUT2D eigenvalue weighted by atomic mass is 9.79. The summed E-state index contributed by atoms with van der Waals surface area (Å²) in [5.41, 5.74) is 0.514. The van der Waals surface area contributed by atoms with Crippen LogP contribution in [0.3, 0.4) is 0 Å². The fraction of sp³-hybridized carbons (Fsp3) is 0.571. The van der Waals surface area contributed by atoms with Crippen LogP contribution in [0.15, 0.2) is 18.2 Å². The topological polar surface area (TPSA) is 55.2 Å². The molecule has 2 rings (SSSR count). The Balaban J connectivity index is 2.17. The number of rotatable bonds is 3. The molecule has 0 amide bonds. The molecule has 0 aliphatic heterocycles. The van der Waals surface area contributed by atoms with Crippen molar-refractivity contribution in [3.63, 3.8) is 0 Å². The lowest BCUT2D eigenvalue weighted by molar-refractivity contribution is -0.384. The standard InChI is InChI=1S/C14H19ClN2O2/c1-9-6-7-11(8-10(9)2)16-14-12(15)4-3-5-13(14)17(18)19/h3-5,9-11,16H,6-8H2,1-2H3. The Hall–Kier alpha value is -1.29. The third-order valence-electron chi connectivity index (χ3n) is 4.13. The Morgan fingerprint density at radius 1 is 1.32 bits per heavy atom. The summed E-state index contributed by atoms with van der Waals surface area (Å²) in [6, 6.07) is 5.05. The van der Waals surface area contributed by atoms with Crippen LogP contribution in [-0.2, 0) is 0 Å². The second-order valence-corrected chi connectivity index (χ2v) is 5.91. The van der Waals surface area contributed by atoms with Gasteiger partial charge in [0.25, 0.3) is 5.69 Å². The molecule has 3 unspecified atom stereocenters. The van der Waals surface area contributed by atoms with Crippen LogP contribution < -0.4 is 5.32 Å². The Labute approximate surface area is 118 Å². The third kappa shape index (κ3) is 3.18. The molecule has 1 aromatic carbocycles. The Morgan fingerprint density at radius 2 is 2.05 bits per heavy atom. The smallest absolute Gasteiger partial charge is 0.293 e. The highest BCUT2D eigenvalue weighted by Gasteiger charge is 2.27. The van der Waals surface area contributed by atoms with Crippen LogP contribution in [0.4, 0.5) is 11.4 Å². The van der Waals surface area contributed by atoms with E-state index in [1.54, 1.807) is 12.1 Å². The van der Waals surface area contributed by atoms with Crippen molar-refractivity contribution >= 4 is 23.0 Å². The molecule has 1 fully saturated rings. The molecule has 1 aromatic rings. The number of anilines is 1. The first-order valence-electron chi connectivity index (χ1n) is 6.68. The van der Waals surface area contributed by atoms with Gasteiger partial charge in [0.15, 0.2) is 0 Å². The minimum absolute atomic E-state index is 0.0544. The first kappa shape index (κ1) is 14.1. The van der Waals surface area contributed by atoms with Crippen molar-refractivity contribution in [2.45, 2.75) is 39.2 Å². The van der Waals surface area contributed by atoms with Gasteiger partial charge in [-0.2, -0.15) is 0 Å². The Kier molecular flexibility index (Phi) is 4.30. The molecule has 3 atom stereocenters. The third-order valence-corrected chi connectivity index (χ3v) is 4.45. The maximum absolute atomic E-state index is 11.0. The van der Waals surface area contributed by atoms with Crippen molar-refractivity contribution in [3.8, 4) is 0 Å². The van der Waals surface area contributed by atoms with Gasteiger partial charge in [-0.15, -0.1) is 0 Å². The summed E-state index contributed by atoms with van der Waals surface area (Å²) in [5.74, 6) is 1.35. The average Bonchev–Trinajstić information content (AvgIpc) is 2.36. The molecule has 0 radical (unpaired) electrons. The van der Waals surface area contributed by atoms with Crippen molar-refractivity contribution in [1.29, 1.82) is 0 Å². The normalized spacial score (nSPS) is 27.0. The molecule has 1 N–H and O–H groups in total. The van der Waals surface area contributed by atoms with Crippen molar-refractivity contribution in [1.82, 2.24) is 0 Å². The summed E-state index contributed by atoms with van der Waals surface area (Å²) in [4.78, 5) is 10.7. The van der Waals surface area contributed by atoms with Crippen LogP contribution >= 0.6 is 11.6 Å². The lowest BCUT2D eigenvalue weighted by Crippen LogP contribution is -2.30. The van der Waals surface area contributed by atoms with Gasteiger partial charge in [0.2, 0.25) is 0 Å². The van der Waals surface area contributed by atoms with Crippen molar-refractivity contribution in [3.05, 3.63) is 33.3 Å². The highest BCUT2D eigenvalue weighted by atomic mass is 35.5. The second kappa shape index (κ2) is 5.78. The average molecular weight is 283 g/mol. The number of hydrogen-bond acceptors (Lipinski definition) is 3. The summed E-state index contributed by atoms with van der Waals surface area (Å²) in [5, 5.41) is 14.7. The number of para-hydroxylation sites is 1. The molecule has 4 nitrogen and oxygen atoms in total. The lowest BCUT2D eigenvalue weighted by Gasteiger charge is -2.33. The number of hydrogen-bond donors (Lipinski definition) is 1. The van der Waals surface area contributed by atoms with Crippen LogP contribution in [0.1, 0.15) is 33.1 Å². The zero-order valence-corrected chi connectivity index (χ0v) is 12.0. The van der Waals surface area contributed by atoms with Gasteiger partial charge in [-0.05, 0) is 37.2 Å². The van der Waals surface area contributed by atoms with Crippen molar-refractivity contribution < 1.29 is 4.92 Å². The van der Waals surface area contributed by atoms with Crippen LogP contribution in [-0.4, -0.2) is 11.0 Å². The number of benzene rings is 1. The zero-order chi connectivity index (χ0) is 14.0. The van der Waals surface area contributed by atoms with Crippen LogP contribution in [0.25, 0.3) is 0 Å². The van der Waals surface area contributed by atoms with Crippen molar-refractivity contribution in [2.24, 2.45) is 11.8 Å². The molecule has 104 valence electrons. The summed E-state index contributed by atoms with van der Waals surface area (Å²) in [6.45, 7) is 4.50. The van der Waals surface area contributed by atoms with Gasteiger partial charge in [-0.1, -0.05) is 31.5 Å². The van der Waals surface area contributed by atoms with E-state index < -0.39 is 0 Å². The van der Waals surface area contributed by atoms with Gasteiger partial charge in [0.05, 0.1) is 9.95 Å². The zero-order valence-electron chi connectivity index (χ0n) is 11.2. The van der Waals surface area contributed by atoms with E-state index in [0.29, 0.717) is 16.6 Å². The largest absolute Gasteiger partial charge is 0.376 e. The Morgan fingerprint density at radius 3 is 2.68 bits per heavy atom. The maximum atomic E-state index is 11.0. The van der Waals surface area contributed by atoms with Gasteiger partial charge in [0, 0.05) is 12.1 Å². The predicted molar refractivity (Wildman–Crippen MR) is 77.7 cm³/mol. The molecule has 0 spiro atoms. The number of nitrogens with one attached hydrogen (secondary N) is 1. The van der Waals surface area contributed by atoms with E-state index in [-0.39, 0.29) is 16.7 Å². The van der Waals surface area contributed by atoms with Crippen LogP contribution in [0.5, 0.6) is 0 Å². The van der Waals surface area contributed by atoms with Gasteiger partial charge in [-0.25, -0.2) is 0 Å². The van der Waals surface area contributed by atoms with E-state index in [9.17, 15) is 10.1 Å². The molecule has 0 saturated heterocycles. The van der Waals surface area contributed by atoms with E-state index in [1.165, 1.54) is 6.07 Å². The van der Waals surface area contributed by atoms with E-state index in [1.807, 2.05) is 0 Å². The molecular weight excluding hydrogens is 264 g/mol. The predicted octanol–water partition coefficient (Wildman–Crippen LogP) is 4.48. The van der Waals surface area contributed by atoms with Gasteiger partial charge >= 0.3 is 0 Å². The fourth-order valence-corrected chi connectivity index (χ4v) is 2.91. The van der Waals surface area contributed by atoms with Crippen molar-refractivity contribution in [2.75, 3.05) is 5.32 Å². The second-order valence-electron chi connectivity index (χ2n) is 5.50. The minimum Gasteiger partial charge on any atom is -0.376 e. The number of nitro benzene ring substituents is 1. The summed E-state index contributed by atoms with van der Waals surface area (Å²) >= 11 is 6.09. The monoisotopic (exact) mass is 282 g/mol. The summed E-state index contributed by atoms with van der Waals surface area (Å²) < 4.78 is 0. The minimum atomic E-state index is -0.386. The molecule has 0 aromatic heterocycles. The van der Waals surface area contributed by atoms with E-state index in [2.05, 4.69) is 19.2 Å². The summed E-state index contributed by atoms with van der Waals surface area (Å²) in [6.07, 6.45) is 3.22. The van der Waals surface area contributed by atoms with Crippen LogP contribution in [0.2, 0.25) is 5.02 Å². The SMILES string of the molecule is CC1CCC(Nc2c(Cl)cccc2[N+](=O)[O-])CC1C. The molecule has 1 saturated carbocycles. The molecular formula is C14H19ClN2O2. The molecule has 0 heterocycles. The van der Waals surface area contributed by atoms with E-state index in [0.717, 1.165) is 25.2 Å². The molecule has 1 aliphatic rings. The Bertz CT molecular complexity index is 479. The molecule has 0 bridgehead atoms. The first-order chi connectivity index (χ1) is 8.99. The van der Waals surface area contributed by atoms with Crippen LogP contribution in [0, 0.1) is 22.0 Å². The fourth-order valence-electron chi connectivity index (χ4n) is 2.69. The highest BCUT2D eigenvalue weighted by molar-refractivity contribution is 6.33. The van der Waals surface area contributed by atoms with Gasteiger partial charge in [-0.3, -0.25) is 10.1 Å². The van der Waals surface area contributed by atoms with E-state index in [4.69, 9.17) is 11.6 Å². The molecule has 1 aliphatic carbocycles. The first-order valence-corrected chi connectivity index (χ1v) is 7.06. The molecule has 19 heavy (non-hydrogen) atoms. The highest BCUT2D eigenvalue weighted by Crippen LogP contribution is 2.36. The van der Waals surface area contributed by atoms with Gasteiger partial charge < -0.3 is 5.32 Å². The van der Waals surface area contributed by atoms with E-state index >= 15 is 0 Å². The number of nitrogens with zero attached hydrogens (tertiary/aromatic N) is 1.